The van der Waals surface area contributed by atoms with Gasteiger partial charge >= 0.3 is 0 Å². The van der Waals surface area contributed by atoms with E-state index in [4.69, 9.17) is 8.83 Å². The lowest BCUT2D eigenvalue weighted by molar-refractivity contribution is 0.668. The number of para-hydroxylation sites is 8. The molecule has 0 bridgehead atoms. The van der Waals surface area contributed by atoms with Crippen LogP contribution in [0.2, 0.25) is 0 Å². The molecule has 0 radical (unpaired) electrons. The van der Waals surface area contributed by atoms with Crippen molar-refractivity contribution in [2.75, 3.05) is 9.80 Å². The molecule has 0 amide bonds. The molecule has 0 aliphatic rings. The Balaban J connectivity index is 1.15. The fourth-order valence-electron chi connectivity index (χ4n) is 9.45. The summed E-state index contributed by atoms with van der Waals surface area (Å²) in [7, 11) is 0. The minimum Gasteiger partial charge on any atom is -0.454 e. The van der Waals surface area contributed by atoms with Crippen LogP contribution in [0.15, 0.2) is 251 Å². The van der Waals surface area contributed by atoms with E-state index in [2.05, 4.69) is 240 Å². The first-order valence-electron chi connectivity index (χ1n) is 21.7. The Morgan fingerprint density at radius 1 is 0.219 bits per heavy atom. The zero-order valence-corrected chi connectivity index (χ0v) is 34.8. The highest BCUT2D eigenvalue weighted by Gasteiger charge is 2.28. The molecular formula is C60H40N2O2. The normalized spacial score (nSPS) is 11.4. The van der Waals surface area contributed by atoms with Gasteiger partial charge in [-0.1, -0.05) is 194 Å². The first-order chi connectivity index (χ1) is 31.8. The third-order valence-corrected chi connectivity index (χ3v) is 12.3. The van der Waals surface area contributed by atoms with Crippen molar-refractivity contribution >= 4 is 78.0 Å². The smallest absolute Gasteiger partial charge is 0.159 e. The number of hydrogen-bond acceptors (Lipinski definition) is 4. The van der Waals surface area contributed by atoms with Gasteiger partial charge in [0.2, 0.25) is 0 Å². The molecule has 0 unspecified atom stereocenters. The molecule has 12 rings (SSSR count). The Bertz CT molecular complexity index is 3400. The molecule has 0 aliphatic heterocycles. The number of benzene rings is 10. The van der Waals surface area contributed by atoms with Gasteiger partial charge in [-0.3, -0.25) is 0 Å². The topological polar surface area (TPSA) is 32.8 Å². The van der Waals surface area contributed by atoms with E-state index in [1.807, 2.05) is 12.1 Å². The first kappa shape index (κ1) is 37.2. The largest absolute Gasteiger partial charge is 0.454 e. The molecule has 12 aromatic rings. The van der Waals surface area contributed by atoms with Gasteiger partial charge in [0.15, 0.2) is 11.2 Å². The molecule has 0 atom stereocenters. The van der Waals surface area contributed by atoms with Crippen LogP contribution in [-0.2, 0) is 0 Å². The second-order valence-corrected chi connectivity index (χ2v) is 16.0. The third kappa shape index (κ3) is 6.23. The highest BCUT2D eigenvalue weighted by Crippen LogP contribution is 2.52. The van der Waals surface area contributed by atoms with Crippen LogP contribution in [0.4, 0.5) is 34.1 Å². The number of nitrogens with zero attached hydrogens (tertiary/aromatic N) is 2. The molecule has 4 nitrogen and oxygen atoms in total. The van der Waals surface area contributed by atoms with Crippen molar-refractivity contribution in [2.24, 2.45) is 0 Å². The zero-order chi connectivity index (χ0) is 42.4. The second-order valence-electron chi connectivity index (χ2n) is 16.0. The summed E-state index contributed by atoms with van der Waals surface area (Å²) in [6.45, 7) is 0. The van der Waals surface area contributed by atoms with Gasteiger partial charge in [0.25, 0.3) is 0 Å². The summed E-state index contributed by atoms with van der Waals surface area (Å²) in [5.74, 6) is 0. The number of rotatable bonds is 9. The Morgan fingerprint density at radius 3 is 0.938 bits per heavy atom. The lowest BCUT2D eigenvalue weighted by Crippen LogP contribution is -2.15. The average molecular weight is 821 g/mol. The van der Waals surface area contributed by atoms with Crippen molar-refractivity contribution in [1.29, 1.82) is 0 Å². The van der Waals surface area contributed by atoms with Crippen molar-refractivity contribution in [3.63, 3.8) is 0 Å². The van der Waals surface area contributed by atoms with E-state index >= 15 is 0 Å². The van der Waals surface area contributed by atoms with Crippen LogP contribution in [0.5, 0.6) is 0 Å². The highest BCUT2D eigenvalue weighted by molar-refractivity contribution is 6.13. The van der Waals surface area contributed by atoms with Crippen molar-refractivity contribution in [1.82, 2.24) is 0 Å². The van der Waals surface area contributed by atoms with Crippen LogP contribution in [0.3, 0.4) is 0 Å². The molecule has 0 N–H and O–H groups in total. The van der Waals surface area contributed by atoms with E-state index < -0.39 is 0 Å². The Kier molecular flexibility index (Phi) is 9.12. The molecule has 64 heavy (non-hydrogen) atoms. The molecule has 2 heterocycles. The maximum absolute atomic E-state index is 6.84. The number of hydrogen-bond donors (Lipinski definition) is 0. The predicted molar refractivity (Wildman–Crippen MR) is 267 cm³/mol. The minimum atomic E-state index is 0.824. The number of furan rings is 2. The van der Waals surface area contributed by atoms with E-state index in [1.165, 1.54) is 0 Å². The zero-order valence-electron chi connectivity index (χ0n) is 34.8. The van der Waals surface area contributed by atoms with Crippen LogP contribution in [0, 0.1) is 0 Å². The molecule has 10 aromatic carbocycles. The summed E-state index contributed by atoms with van der Waals surface area (Å²) in [5, 5.41) is 4.30. The van der Waals surface area contributed by atoms with Crippen LogP contribution in [0.25, 0.3) is 77.3 Å². The summed E-state index contributed by atoms with van der Waals surface area (Å²) in [5.41, 5.74) is 15.9. The van der Waals surface area contributed by atoms with Crippen molar-refractivity contribution in [2.45, 2.75) is 0 Å². The molecule has 0 spiro atoms. The standard InChI is InChI=1S/C60H40N2O2/c1-3-21-41(22-4-1)43-25-7-13-33-51(43)61(55-37-19-31-49-47-29-11-17-39-57(47)63-59(49)55)53-35-15-9-27-45(53)46-28-10-16-36-54(46)62(52-34-14-8-26-44(52)42-23-5-2-6-24-42)56-38-20-32-50-48-30-12-18-40-58(48)64-60(50)56/h1-40H. The number of anilines is 6. The van der Waals surface area contributed by atoms with Gasteiger partial charge in [0, 0.05) is 43.8 Å². The van der Waals surface area contributed by atoms with E-state index in [9.17, 15) is 0 Å². The van der Waals surface area contributed by atoms with Gasteiger partial charge in [-0.25, -0.2) is 0 Å². The summed E-state index contributed by atoms with van der Waals surface area (Å²) < 4.78 is 13.7. The van der Waals surface area contributed by atoms with Crippen LogP contribution >= 0.6 is 0 Å². The molecule has 0 saturated carbocycles. The molecule has 0 aliphatic carbocycles. The van der Waals surface area contributed by atoms with Crippen LogP contribution in [-0.4, -0.2) is 0 Å². The van der Waals surface area contributed by atoms with Gasteiger partial charge < -0.3 is 18.6 Å². The van der Waals surface area contributed by atoms with E-state index in [1.54, 1.807) is 0 Å². The summed E-state index contributed by atoms with van der Waals surface area (Å²) in [6.07, 6.45) is 0. The lowest BCUT2D eigenvalue weighted by Gasteiger charge is -2.32. The summed E-state index contributed by atoms with van der Waals surface area (Å²) in [4.78, 5) is 4.78. The van der Waals surface area contributed by atoms with E-state index in [0.717, 1.165) is 111 Å². The van der Waals surface area contributed by atoms with Crippen molar-refractivity contribution < 1.29 is 8.83 Å². The maximum Gasteiger partial charge on any atom is 0.159 e. The highest BCUT2D eigenvalue weighted by atomic mass is 16.3. The number of fused-ring (bicyclic) bond motifs is 6. The monoisotopic (exact) mass is 820 g/mol. The maximum atomic E-state index is 6.84. The van der Waals surface area contributed by atoms with E-state index in [-0.39, 0.29) is 0 Å². The van der Waals surface area contributed by atoms with Gasteiger partial charge in [-0.05, 0) is 59.7 Å². The molecule has 2 aromatic heterocycles. The molecule has 4 heteroatoms. The fraction of sp³-hybridized carbons (Fsp3) is 0. The van der Waals surface area contributed by atoms with E-state index in [0.29, 0.717) is 0 Å². The average Bonchev–Trinajstić information content (AvgIpc) is 3.95. The van der Waals surface area contributed by atoms with Crippen molar-refractivity contribution in [3.05, 3.63) is 243 Å². The predicted octanol–water partition coefficient (Wildman–Crippen LogP) is 17.4. The van der Waals surface area contributed by atoms with Crippen molar-refractivity contribution in [3.8, 4) is 33.4 Å². The summed E-state index contributed by atoms with van der Waals surface area (Å²) >= 11 is 0. The van der Waals surface area contributed by atoms with Crippen LogP contribution in [0.1, 0.15) is 0 Å². The molecule has 0 fully saturated rings. The minimum absolute atomic E-state index is 0.824. The Hall–Kier alpha value is -8.60. The molecule has 302 valence electrons. The lowest BCUT2D eigenvalue weighted by atomic mass is 9.96. The quantitative estimate of drug-likeness (QED) is 0.145. The fourth-order valence-corrected chi connectivity index (χ4v) is 9.45. The Morgan fingerprint density at radius 2 is 0.516 bits per heavy atom. The SMILES string of the molecule is c1ccc(-c2ccccc2N(c2ccccc2-c2ccccc2N(c2ccccc2-c2ccccc2)c2cccc3c2oc2ccccc23)c2cccc3c2oc2ccccc23)cc1. The van der Waals surface area contributed by atoms with Gasteiger partial charge in [0.1, 0.15) is 11.2 Å². The third-order valence-electron chi connectivity index (χ3n) is 12.3. The molecular weight excluding hydrogens is 781 g/mol. The molecule has 0 saturated heterocycles. The summed E-state index contributed by atoms with van der Waals surface area (Å²) in [6, 6.07) is 85.7. The van der Waals surface area contributed by atoms with Gasteiger partial charge in [-0.2, -0.15) is 0 Å². The second kappa shape index (κ2) is 15.7. The first-order valence-corrected chi connectivity index (χ1v) is 21.7. The van der Waals surface area contributed by atoms with Gasteiger partial charge in [0.05, 0.1) is 34.1 Å². The van der Waals surface area contributed by atoms with Gasteiger partial charge in [-0.15, -0.1) is 0 Å². The Labute approximate surface area is 371 Å². The van der Waals surface area contributed by atoms with Crippen LogP contribution < -0.4 is 9.80 Å².